The molecule has 8 heteroatoms. The molecule has 2 atom stereocenters. The zero-order valence-corrected chi connectivity index (χ0v) is 17.6. The second kappa shape index (κ2) is 8.10. The number of nitrogens with one attached hydrogen (secondary N) is 1. The number of hydrogen-bond acceptors (Lipinski definition) is 7. The molecule has 2 aromatic heterocycles. The number of hydrogen-bond donors (Lipinski definition) is 1. The molecule has 5 rings (SSSR count). The van der Waals surface area contributed by atoms with Crippen LogP contribution in [0.25, 0.3) is 11.4 Å². The number of nitrogens with zero attached hydrogens (tertiary/aromatic N) is 7. The number of aromatic nitrogens is 6. The lowest BCUT2D eigenvalue weighted by molar-refractivity contribution is 0.304. The van der Waals surface area contributed by atoms with Crippen molar-refractivity contribution in [2.75, 3.05) is 31.1 Å². The lowest BCUT2D eigenvalue weighted by atomic mass is 9.99. The maximum absolute atomic E-state index is 4.25. The van der Waals surface area contributed by atoms with Crippen LogP contribution in [0.2, 0.25) is 0 Å². The van der Waals surface area contributed by atoms with Gasteiger partial charge in [-0.2, -0.15) is 15.4 Å². The van der Waals surface area contributed by atoms with Crippen LogP contribution < -0.4 is 4.90 Å². The third-order valence-corrected chi connectivity index (χ3v) is 6.21. The average molecular weight is 405 g/mol. The Kier molecular flexibility index (Phi) is 5.16. The Morgan fingerprint density at radius 2 is 1.90 bits per heavy atom. The third-order valence-electron chi connectivity index (χ3n) is 6.21. The van der Waals surface area contributed by atoms with Crippen LogP contribution in [-0.2, 0) is 13.0 Å². The van der Waals surface area contributed by atoms with Crippen LogP contribution in [-0.4, -0.2) is 61.9 Å². The Bertz CT molecular complexity index is 958. The van der Waals surface area contributed by atoms with Crippen molar-refractivity contribution in [3.8, 4) is 11.4 Å². The molecule has 4 heterocycles. The average Bonchev–Trinajstić information content (AvgIpc) is 3.45. The number of H-pyrrole nitrogens is 1. The van der Waals surface area contributed by atoms with Gasteiger partial charge in [0.05, 0.1) is 5.69 Å². The van der Waals surface area contributed by atoms with Gasteiger partial charge in [-0.1, -0.05) is 19.9 Å². The standard InChI is InChI=1S/C22H28N8/c1-15(2)8-16-5-6-20(22-25-27-28-26-22)21(9-16)30-12-17-10-29(11-18(17)13-30)14-19-4-3-7-23-24-19/h3-7,9,15,17-18H,8,10-14H2,1-2H3,(H,25,26,27,28). The first kappa shape index (κ1) is 19.1. The van der Waals surface area contributed by atoms with Gasteiger partial charge in [-0.25, -0.2) is 0 Å². The van der Waals surface area contributed by atoms with Crippen LogP contribution >= 0.6 is 0 Å². The van der Waals surface area contributed by atoms with Crippen LogP contribution in [0.4, 0.5) is 5.69 Å². The molecule has 2 aliphatic rings. The predicted molar refractivity (Wildman–Crippen MR) is 115 cm³/mol. The molecule has 30 heavy (non-hydrogen) atoms. The Morgan fingerprint density at radius 3 is 2.57 bits per heavy atom. The molecule has 0 amide bonds. The maximum Gasteiger partial charge on any atom is 0.206 e. The van der Waals surface area contributed by atoms with Crippen molar-refractivity contribution in [2.45, 2.75) is 26.8 Å². The second-order valence-electron chi connectivity index (χ2n) is 9.02. The zero-order chi connectivity index (χ0) is 20.5. The van der Waals surface area contributed by atoms with Crippen molar-refractivity contribution in [3.63, 3.8) is 0 Å². The maximum atomic E-state index is 4.25. The van der Waals surface area contributed by atoms with Crippen LogP contribution in [0.5, 0.6) is 0 Å². The molecular weight excluding hydrogens is 376 g/mol. The fourth-order valence-corrected chi connectivity index (χ4v) is 4.97. The minimum atomic E-state index is 0.626. The van der Waals surface area contributed by atoms with Gasteiger partial charge < -0.3 is 4.90 Å². The van der Waals surface area contributed by atoms with Crippen molar-refractivity contribution in [2.24, 2.45) is 17.8 Å². The summed E-state index contributed by atoms with van der Waals surface area (Å²) in [6.45, 7) is 9.77. The van der Waals surface area contributed by atoms with Gasteiger partial charge in [-0.15, -0.1) is 10.2 Å². The predicted octanol–water partition coefficient (Wildman–Crippen LogP) is 2.42. The van der Waals surface area contributed by atoms with Crippen molar-refractivity contribution < 1.29 is 0 Å². The summed E-state index contributed by atoms with van der Waals surface area (Å²) in [5, 5.41) is 23.1. The van der Waals surface area contributed by atoms with Crippen LogP contribution in [0.3, 0.4) is 0 Å². The van der Waals surface area contributed by atoms with Gasteiger partial charge in [0.2, 0.25) is 5.82 Å². The van der Waals surface area contributed by atoms with E-state index in [1.54, 1.807) is 6.20 Å². The number of tetrazole rings is 1. The normalized spacial score (nSPS) is 21.5. The molecule has 1 N–H and O–H groups in total. The van der Waals surface area contributed by atoms with E-state index < -0.39 is 0 Å². The second-order valence-corrected chi connectivity index (χ2v) is 9.02. The van der Waals surface area contributed by atoms with Crippen LogP contribution in [0.15, 0.2) is 36.5 Å². The Hall–Kier alpha value is -2.87. The van der Waals surface area contributed by atoms with E-state index in [9.17, 15) is 0 Å². The van der Waals surface area contributed by atoms with E-state index in [0.29, 0.717) is 23.6 Å². The van der Waals surface area contributed by atoms with Crippen LogP contribution in [0.1, 0.15) is 25.1 Å². The number of aromatic amines is 1. The van der Waals surface area contributed by atoms with Gasteiger partial charge >= 0.3 is 0 Å². The van der Waals surface area contributed by atoms with Crippen molar-refractivity contribution in [1.29, 1.82) is 0 Å². The molecule has 8 nitrogen and oxygen atoms in total. The number of rotatable bonds is 6. The largest absolute Gasteiger partial charge is 0.370 e. The fraction of sp³-hybridized carbons (Fsp3) is 0.500. The Balaban J connectivity index is 1.33. The van der Waals surface area contributed by atoms with Gasteiger partial charge in [-0.3, -0.25) is 4.90 Å². The van der Waals surface area contributed by atoms with Crippen molar-refractivity contribution in [1.82, 2.24) is 35.7 Å². The van der Waals surface area contributed by atoms with E-state index in [0.717, 1.165) is 50.4 Å². The van der Waals surface area contributed by atoms with E-state index in [4.69, 9.17) is 0 Å². The molecule has 2 fully saturated rings. The number of anilines is 1. The quantitative estimate of drug-likeness (QED) is 0.675. The summed E-state index contributed by atoms with van der Waals surface area (Å²) >= 11 is 0. The molecule has 0 radical (unpaired) electrons. The summed E-state index contributed by atoms with van der Waals surface area (Å²) in [6, 6.07) is 10.7. The first-order valence-electron chi connectivity index (χ1n) is 10.8. The molecule has 0 bridgehead atoms. The third kappa shape index (κ3) is 3.92. The lowest BCUT2D eigenvalue weighted by Gasteiger charge is -2.25. The van der Waals surface area contributed by atoms with Gasteiger partial charge in [0.25, 0.3) is 0 Å². The Morgan fingerprint density at radius 1 is 1.07 bits per heavy atom. The van der Waals surface area contributed by atoms with E-state index in [1.807, 2.05) is 6.07 Å². The smallest absolute Gasteiger partial charge is 0.206 e. The molecule has 2 unspecified atom stereocenters. The molecule has 156 valence electrons. The fourth-order valence-electron chi connectivity index (χ4n) is 4.97. The van der Waals surface area contributed by atoms with Gasteiger partial charge in [0.15, 0.2) is 0 Å². The summed E-state index contributed by atoms with van der Waals surface area (Å²) < 4.78 is 0. The lowest BCUT2D eigenvalue weighted by Crippen LogP contribution is -2.29. The summed E-state index contributed by atoms with van der Waals surface area (Å²) in [6.07, 6.45) is 2.81. The zero-order valence-electron chi connectivity index (χ0n) is 17.6. The van der Waals surface area contributed by atoms with Gasteiger partial charge in [0, 0.05) is 50.2 Å². The molecule has 0 aliphatic carbocycles. The number of fused-ring (bicyclic) bond motifs is 1. The van der Waals surface area contributed by atoms with Gasteiger partial charge in [-0.05, 0) is 59.2 Å². The van der Waals surface area contributed by atoms with Crippen LogP contribution in [0, 0.1) is 17.8 Å². The highest BCUT2D eigenvalue weighted by atomic mass is 15.5. The summed E-state index contributed by atoms with van der Waals surface area (Å²) in [7, 11) is 0. The molecule has 2 aliphatic heterocycles. The molecule has 0 spiro atoms. The Labute approximate surface area is 176 Å². The van der Waals surface area contributed by atoms with E-state index in [1.165, 1.54) is 11.3 Å². The molecule has 2 saturated heterocycles. The summed E-state index contributed by atoms with van der Waals surface area (Å²) in [5.74, 6) is 2.64. The molecule has 1 aromatic carbocycles. The first-order chi connectivity index (χ1) is 14.7. The molecular formula is C22H28N8. The number of likely N-dealkylation sites (tertiary alicyclic amines) is 1. The van der Waals surface area contributed by atoms with E-state index in [2.05, 4.69) is 78.7 Å². The van der Waals surface area contributed by atoms with E-state index >= 15 is 0 Å². The minimum Gasteiger partial charge on any atom is -0.370 e. The number of benzene rings is 1. The highest BCUT2D eigenvalue weighted by molar-refractivity contribution is 5.75. The highest BCUT2D eigenvalue weighted by Gasteiger charge is 2.40. The minimum absolute atomic E-state index is 0.626. The monoisotopic (exact) mass is 404 g/mol. The van der Waals surface area contributed by atoms with Crippen molar-refractivity contribution in [3.05, 3.63) is 47.8 Å². The summed E-state index contributed by atoms with van der Waals surface area (Å²) in [4.78, 5) is 5.05. The SMILES string of the molecule is CC(C)Cc1ccc(-c2nn[nH]n2)c(N2CC3CN(Cc4cccnn4)CC3C2)c1. The van der Waals surface area contributed by atoms with Gasteiger partial charge in [0.1, 0.15) is 0 Å². The van der Waals surface area contributed by atoms with E-state index in [-0.39, 0.29) is 0 Å². The molecule has 0 saturated carbocycles. The first-order valence-corrected chi connectivity index (χ1v) is 10.8. The summed E-state index contributed by atoms with van der Waals surface area (Å²) in [5.41, 5.74) is 4.72. The molecule has 3 aromatic rings. The van der Waals surface area contributed by atoms with Crippen molar-refractivity contribution >= 4 is 5.69 Å². The topological polar surface area (TPSA) is 86.7 Å². The highest BCUT2D eigenvalue weighted by Crippen LogP contribution is 2.38.